The Bertz CT molecular complexity index is 596. The second-order valence-corrected chi connectivity index (χ2v) is 4.85. The second kappa shape index (κ2) is 5.13. The molecule has 8 heteroatoms. The van der Waals surface area contributed by atoms with E-state index in [1.54, 1.807) is 0 Å². The van der Waals surface area contributed by atoms with E-state index in [1.807, 2.05) is 0 Å². The van der Waals surface area contributed by atoms with E-state index in [2.05, 4.69) is 15.5 Å². The summed E-state index contributed by atoms with van der Waals surface area (Å²) in [7, 11) is -0.0789. The fraction of sp³-hybridized carbons (Fsp3) is 0.200. The van der Waals surface area contributed by atoms with Crippen LogP contribution in [0.2, 0.25) is 0 Å². The van der Waals surface area contributed by atoms with E-state index in [0.717, 1.165) is 0 Å². The first kappa shape index (κ1) is 12.5. The number of halogens is 1. The lowest BCUT2D eigenvalue weighted by Gasteiger charge is -2.00. The summed E-state index contributed by atoms with van der Waals surface area (Å²) in [6, 6.07) is 5.06. The van der Waals surface area contributed by atoms with Crippen molar-refractivity contribution in [1.82, 2.24) is 20.2 Å². The van der Waals surface area contributed by atoms with Gasteiger partial charge in [0.1, 0.15) is 16.6 Å². The molecule has 0 N–H and O–H groups in total. The Morgan fingerprint density at radius 2 is 2.06 bits per heavy atom. The lowest BCUT2D eigenvalue weighted by Crippen LogP contribution is -2.14. The molecule has 0 bridgehead atoms. The minimum Gasteiger partial charge on any atom is -0.293 e. The molecular weight excluding hydrogens is 259 g/mol. The van der Waals surface area contributed by atoms with Crippen LogP contribution in [0.1, 0.15) is 10.4 Å². The summed E-state index contributed by atoms with van der Waals surface area (Å²) in [6.45, 7) is 0. The van der Waals surface area contributed by atoms with Crippen LogP contribution in [-0.2, 0) is 17.8 Å². The zero-order chi connectivity index (χ0) is 13.1. The van der Waals surface area contributed by atoms with Gasteiger partial charge in [0.2, 0.25) is 5.16 Å². The van der Waals surface area contributed by atoms with Crippen molar-refractivity contribution in [2.45, 2.75) is 5.16 Å². The van der Waals surface area contributed by atoms with E-state index in [-0.39, 0.29) is 16.7 Å². The quantitative estimate of drug-likeness (QED) is 0.747. The highest BCUT2D eigenvalue weighted by atomic mass is 32.2. The summed E-state index contributed by atoms with van der Waals surface area (Å²) in [5.74, 6) is -1.01. The van der Waals surface area contributed by atoms with Gasteiger partial charge in [0, 0.05) is 12.6 Å². The van der Waals surface area contributed by atoms with Crippen LogP contribution in [0, 0.1) is 5.82 Å². The maximum absolute atomic E-state index is 12.7. The summed E-state index contributed by atoms with van der Waals surface area (Å²) in [6.07, 6.45) is 0. The number of carbonyl (C=O) groups is 1. The van der Waals surface area contributed by atoms with E-state index < -0.39 is 16.6 Å². The van der Waals surface area contributed by atoms with Crippen LogP contribution < -0.4 is 0 Å². The fourth-order valence-electron chi connectivity index (χ4n) is 1.32. The molecule has 2 rings (SSSR count). The predicted molar refractivity (Wildman–Crippen MR) is 60.8 cm³/mol. The molecule has 1 atom stereocenters. The number of aromatic nitrogens is 4. The average Bonchev–Trinajstić information content (AvgIpc) is 2.76. The van der Waals surface area contributed by atoms with Gasteiger partial charge in [-0.25, -0.2) is 9.07 Å². The third-order valence-electron chi connectivity index (χ3n) is 2.21. The Balaban J connectivity index is 2.10. The molecule has 0 saturated heterocycles. The van der Waals surface area contributed by atoms with E-state index in [9.17, 15) is 13.4 Å². The van der Waals surface area contributed by atoms with Gasteiger partial charge in [0.15, 0.2) is 5.78 Å². The first-order valence-corrected chi connectivity index (χ1v) is 6.29. The third kappa shape index (κ3) is 2.65. The molecule has 2 aromatic rings. The largest absolute Gasteiger partial charge is 0.293 e. The summed E-state index contributed by atoms with van der Waals surface area (Å²) < 4.78 is 25.8. The monoisotopic (exact) mass is 268 g/mol. The molecule has 0 spiro atoms. The minimum atomic E-state index is -1.62. The predicted octanol–water partition coefficient (Wildman–Crippen LogP) is 0.340. The van der Waals surface area contributed by atoms with Crippen LogP contribution in [0.3, 0.4) is 0 Å². The average molecular weight is 268 g/mol. The number of hydrogen-bond donors (Lipinski definition) is 0. The van der Waals surface area contributed by atoms with Crippen molar-refractivity contribution < 1.29 is 13.4 Å². The van der Waals surface area contributed by atoms with Crippen molar-refractivity contribution in [3.05, 3.63) is 35.6 Å². The summed E-state index contributed by atoms with van der Waals surface area (Å²) in [5, 5.41) is 10.6. The molecule has 1 unspecified atom stereocenters. The number of carbonyl (C=O) groups excluding carboxylic acids is 1. The van der Waals surface area contributed by atoms with Crippen LogP contribution in [-0.4, -0.2) is 36.0 Å². The normalized spacial score (nSPS) is 12.3. The molecule has 0 saturated carbocycles. The number of ketones is 1. The molecule has 0 amide bonds. The number of tetrazole rings is 1. The molecule has 0 aliphatic rings. The molecule has 94 valence electrons. The Kier molecular flexibility index (Phi) is 3.56. The first-order chi connectivity index (χ1) is 8.58. The molecular formula is C10H9FN4O2S. The van der Waals surface area contributed by atoms with Crippen molar-refractivity contribution >= 4 is 16.6 Å². The number of hydrogen-bond acceptors (Lipinski definition) is 5. The Morgan fingerprint density at radius 3 is 2.61 bits per heavy atom. The molecule has 0 fully saturated rings. The zero-order valence-corrected chi connectivity index (χ0v) is 10.2. The standard InChI is InChI=1S/C10H9FN4O2S/c1-15-10(12-13-14-15)18(17)6-9(16)7-2-4-8(11)5-3-7/h2-5H,6H2,1H3. The highest BCUT2D eigenvalue weighted by Gasteiger charge is 2.16. The molecule has 1 aromatic carbocycles. The van der Waals surface area contributed by atoms with Crippen molar-refractivity contribution in [3.63, 3.8) is 0 Å². The number of Topliss-reactive ketones (excluding diaryl/α,β-unsaturated/α-hetero) is 1. The molecule has 0 aliphatic carbocycles. The van der Waals surface area contributed by atoms with Gasteiger partial charge in [-0.1, -0.05) is 5.10 Å². The van der Waals surface area contributed by atoms with Crippen LogP contribution in [0.4, 0.5) is 4.39 Å². The van der Waals surface area contributed by atoms with E-state index in [0.29, 0.717) is 5.56 Å². The fourth-order valence-corrected chi connectivity index (χ4v) is 2.31. The number of aryl methyl sites for hydroxylation is 1. The Labute approximate surface area is 104 Å². The van der Waals surface area contributed by atoms with Crippen molar-refractivity contribution in [2.75, 3.05) is 5.75 Å². The third-order valence-corrected chi connectivity index (χ3v) is 3.49. The molecule has 0 radical (unpaired) electrons. The van der Waals surface area contributed by atoms with Crippen LogP contribution in [0.15, 0.2) is 29.4 Å². The van der Waals surface area contributed by atoms with E-state index in [1.165, 1.54) is 36.0 Å². The summed E-state index contributed by atoms with van der Waals surface area (Å²) in [4.78, 5) is 11.8. The van der Waals surface area contributed by atoms with Crippen molar-refractivity contribution in [2.24, 2.45) is 7.05 Å². The van der Waals surface area contributed by atoms with E-state index in [4.69, 9.17) is 0 Å². The summed E-state index contributed by atoms with van der Waals surface area (Å²) >= 11 is 0. The van der Waals surface area contributed by atoms with Gasteiger partial charge in [-0.05, 0) is 34.7 Å². The van der Waals surface area contributed by atoms with Crippen molar-refractivity contribution in [1.29, 1.82) is 0 Å². The molecule has 0 aliphatic heterocycles. The van der Waals surface area contributed by atoms with Crippen LogP contribution in [0.25, 0.3) is 0 Å². The number of benzene rings is 1. The lowest BCUT2D eigenvalue weighted by atomic mass is 10.1. The van der Waals surface area contributed by atoms with Gasteiger partial charge in [-0.2, -0.15) is 0 Å². The zero-order valence-electron chi connectivity index (χ0n) is 9.41. The van der Waals surface area contributed by atoms with Crippen LogP contribution in [0.5, 0.6) is 0 Å². The van der Waals surface area contributed by atoms with Gasteiger partial charge in [-0.3, -0.25) is 9.00 Å². The molecule has 1 heterocycles. The smallest absolute Gasteiger partial charge is 0.239 e. The van der Waals surface area contributed by atoms with Gasteiger partial charge in [0.05, 0.1) is 5.75 Å². The highest BCUT2D eigenvalue weighted by Crippen LogP contribution is 2.07. The Hall–Kier alpha value is -1.96. The SMILES string of the molecule is Cn1nnnc1S(=O)CC(=O)c1ccc(F)cc1. The minimum absolute atomic E-state index is 0.130. The molecule has 1 aromatic heterocycles. The Morgan fingerprint density at radius 1 is 1.39 bits per heavy atom. The van der Waals surface area contributed by atoms with Crippen molar-refractivity contribution in [3.8, 4) is 0 Å². The van der Waals surface area contributed by atoms with Crippen LogP contribution >= 0.6 is 0 Å². The molecule has 18 heavy (non-hydrogen) atoms. The van der Waals surface area contributed by atoms with Gasteiger partial charge in [0.25, 0.3) is 0 Å². The second-order valence-electron chi connectivity index (χ2n) is 3.50. The topological polar surface area (TPSA) is 77.7 Å². The maximum Gasteiger partial charge on any atom is 0.239 e. The van der Waals surface area contributed by atoms with Gasteiger partial charge < -0.3 is 0 Å². The highest BCUT2D eigenvalue weighted by molar-refractivity contribution is 7.85. The number of nitrogens with zero attached hydrogens (tertiary/aromatic N) is 4. The maximum atomic E-state index is 12.7. The van der Waals surface area contributed by atoms with E-state index >= 15 is 0 Å². The molecule has 6 nitrogen and oxygen atoms in total. The summed E-state index contributed by atoms with van der Waals surface area (Å²) in [5.41, 5.74) is 0.305. The first-order valence-electron chi connectivity index (χ1n) is 4.97. The lowest BCUT2D eigenvalue weighted by molar-refractivity contribution is 0.102. The van der Waals surface area contributed by atoms with Gasteiger partial charge in [-0.15, -0.1) is 0 Å². The number of rotatable bonds is 4. The van der Waals surface area contributed by atoms with Gasteiger partial charge >= 0.3 is 0 Å².